The average molecular weight is 1330 g/mol. The Labute approximate surface area is 542 Å². The molecule has 0 aromatic carbocycles. The molecule has 0 bridgehead atoms. The van der Waals surface area contributed by atoms with Crippen LogP contribution in [0.5, 0.6) is 0 Å². The van der Waals surface area contributed by atoms with Gasteiger partial charge in [-0.3, -0.25) is 23.4 Å². The van der Waals surface area contributed by atoms with Crippen molar-refractivity contribution in [2.24, 2.45) is 0 Å². The van der Waals surface area contributed by atoms with Crippen LogP contribution in [-0.2, 0) is 61.2 Å². The van der Waals surface area contributed by atoms with Gasteiger partial charge in [-0.15, -0.1) is 0 Å². The quantitative estimate of drug-likeness (QED) is 0.00902. The van der Waals surface area contributed by atoms with Gasteiger partial charge in [0, 0.05) is 19.3 Å². The van der Waals surface area contributed by atoms with E-state index in [-0.39, 0.29) is 19.3 Å². The molecule has 2 heterocycles. The minimum absolute atomic E-state index is 0.00922. The van der Waals surface area contributed by atoms with E-state index in [9.17, 15) is 74.9 Å². The SMILES string of the molecule is CCCCCCCC/C=C\CCCCCC(=O)OCC1OC(OC2C(O)C(O)C(O)C(OC3OC(CO)C(O)C(O)C3O)C2OP(=O)(O)OCC(COC(=O)CCCCCCCCCCCCCC)OC(=O)CCCCCCCCCCCCC)C(O)C(O)C1O. The maximum atomic E-state index is 14.3. The first-order valence-corrected chi connectivity index (χ1v) is 36.5. The Balaban J connectivity index is 1.77. The Kier molecular flexibility index (Phi) is 44.9. The molecular formula is C66H121O24P. The summed E-state index contributed by atoms with van der Waals surface area (Å²) in [6.45, 7) is 3.38. The summed E-state index contributed by atoms with van der Waals surface area (Å²) in [4.78, 5) is 50.7. The van der Waals surface area contributed by atoms with Gasteiger partial charge in [0.15, 0.2) is 18.7 Å². The number of unbranched alkanes of at least 4 members (excludes halogenated alkanes) is 30. The molecule has 3 rings (SSSR count). The third-order valence-electron chi connectivity index (χ3n) is 17.3. The normalized spacial score (nSPS) is 28.9. The second-order valence-corrected chi connectivity index (χ2v) is 26.7. The molecule has 91 heavy (non-hydrogen) atoms. The van der Waals surface area contributed by atoms with E-state index in [1.54, 1.807) is 0 Å². The molecule has 0 radical (unpaired) electrons. The minimum atomic E-state index is -5.69. The van der Waals surface area contributed by atoms with E-state index in [2.05, 4.69) is 32.9 Å². The molecule has 3 aliphatic rings. The highest BCUT2D eigenvalue weighted by Gasteiger charge is 2.58. The number of allylic oxidation sites excluding steroid dienone is 2. The lowest BCUT2D eigenvalue weighted by Gasteiger charge is -2.49. The zero-order valence-corrected chi connectivity index (χ0v) is 56.0. The van der Waals surface area contributed by atoms with Crippen LogP contribution in [-0.4, -0.2) is 204 Å². The van der Waals surface area contributed by atoms with Crippen molar-refractivity contribution in [3.8, 4) is 0 Å². The highest BCUT2D eigenvalue weighted by atomic mass is 31.2. The Bertz CT molecular complexity index is 1950. The summed E-state index contributed by atoms with van der Waals surface area (Å²) >= 11 is 0. The largest absolute Gasteiger partial charge is 0.472 e. The molecule has 2 aliphatic heterocycles. The molecule has 534 valence electrons. The molecule has 24 nitrogen and oxygen atoms in total. The van der Waals surface area contributed by atoms with E-state index < -0.39 is 156 Å². The fourth-order valence-electron chi connectivity index (χ4n) is 11.5. The van der Waals surface area contributed by atoms with Crippen molar-refractivity contribution in [2.45, 2.75) is 362 Å². The predicted octanol–water partition coefficient (Wildman–Crippen LogP) is 8.01. The van der Waals surface area contributed by atoms with Crippen LogP contribution in [0.25, 0.3) is 0 Å². The fraction of sp³-hybridized carbons (Fsp3) is 0.924. The molecule has 0 aromatic rings. The zero-order chi connectivity index (χ0) is 66.8. The number of phosphoric ester groups is 1. The van der Waals surface area contributed by atoms with Gasteiger partial charge in [-0.2, -0.15) is 0 Å². The minimum Gasteiger partial charge on any atom is -0.463 e. The van der Waals surface area contributed by atoms with Gasteiger partial charge >= 0.3 is 25.7 Å². The number of carbonyl (C=O) groups is 3. The van der Waals surface area contributed by atoms with Gasteiger partial charge in [0.2, 0.25) is 0 Å². The van der Waals surface area contributed by atoms with Gasteiger partial charge in [-0.05, 0) is 44.9 Å². The Morgan fingerprint density at radius 2 is 0.769 bits per heavy atom. The molecule has 0 spiro atoms. The number of aliphatic hydroxyl groups excluding tert-OH is 10. The van der Waals surface area contributed by atoms with Gasteiger partial charge in [0.1, 0.15) is 98.7 Å². The van der Waals surface area contributed by atoms with Gasteiger partial charge in [0.25, 0.3) is 0 Å². The lowest BCUT2D eigenvalue weighted by molar-refractivity contribution is -0.360. The summed E-state index contributed by atoms with van der Waals surface area (Å²) < 4.78 is 64.7. The number of ether oxygens (including phenoxy) is 7. The zero-order valence-electron chi connectivity index (χ0n) is 55.1. The van der Waals surface area contributed by atoms with E-state index in [1.807, 2.05) is 0 Å². The highest BCUT2D eigenvalue weighted by Crippen LogP contribution is 2.49. The van der Waals surface area contributed by atoms with Crippen molar-refractivity contribution in [3.63, 3.8) is 0 Å². The van der Waals surface area contributed by atoms with Crippen molar-refractivity contribution >= 4 is 25.7 Å². The lowest BCUT2D eigenvalue weighted by atomic mass is 9.84. The van der Waals surface area contributed by atoms with Crippen LogP contribution in [0.4, 0.5) is 0 Å². The molecule has 25 heteroatoms. The first-order chi connectivity index (χ1) is 43.8. The number of phosphoric acid groups is 1. The average Bonchev–Trinajstić information content (AvgIpc) is 1.11. The van der Waals surface area contributed by atoms with Gasteiger partial charge in [0.05, 0.1) is 13.2 Å². The predicted molar refractivity (Wildman–Crippen MR) is 338 cm³/mol. The van der Waals surface area contributed by atoms with Crippen LogP contribution < -0.4 is 0 Å². The molecule has 2 saturated heterocycles. The maximum Gasteiger partial charge on any atom is 0.472 e. The summed E-state index contributed by atoms with van der Waals surface area (Å²) in [7, 11) is -5.69. The number of aliphatic hydroxyl groups is 10. The molecule has 11 N–H and O–H groups in total. The standard InChI is InChI=1S/C66H121O24P/c1-4-7-10-13-16-19-22-24-27-29-32-35-38-41-51(69)83-46-49-54(72)56(74)61(79)66(87-49)89-63-59(77)57(75)58(76)62(88-65-60(78)55(73)53(71)48(43-67)86-65)64(63)90-91(80,81)84-45-47(85-52(70)42-39-36-33-30-25-21-18-15-12-9-6-3)44-82-50(68)40-37-34-31-28-26-23-20-17-14-11-8-5-2/h24,27,47-49,53-67,71-79H,4-23,25-26,28-46H2,1-3H3,(H,80,81)/b27-24-. The monoisotopic (exact) mass is 1330 g/mol. The molecule has 1 saturated carbocycles. The number of hydrogen-bond acceptors (Lipinski definition) is 23. The van der Waals surface area contributed by atoms with Crippen LogP contribution in [0.2, 0.25) is 0 Å². The van der Waals surface area contributed by atoms with E-state index >= 15 is 0 Å². The van der Waals surface area contributed by atoms with E-state index in [0.29, 0.717) is 19.3 Å². The second kappa shape index (κ2) is 49.2. The van der Waals surface area contributed by atoms with Crippen LogP contribution in [0.3, 0.4) is 0 Å². The lowest BCUT2D eigenvalue weighted by Crippen LogP contribution is -2.69. The molecule has 3 fully saturated rings. The summed E-state index contributed by atoms with van der Waals surface area (Å²) in [5.74, 6) is -2.00. The summed E-state index contributed by atoms with van der Waals surface area (Å²) in [5.41, 5.74) is 0. The number of esters is 3. The third-order valence-corrected chi connectivity index (χ3v) is 18.3. The van der Waals surface area contributed by atoms with Crippen LogP contribution in [0, 0.1) is 0 Å². The fourth-order valence-corrected chi connectivity index (χ4v) is 12.5. The molecular weight excluding hydrogens is 1210 g/mol. The van der Waals surface area contributed by atoms with Gasteiger partial charge in [-0.25, -0.2) is 4.57 Å². The smallest absolute Gasteiger partial charge is 0.463 e. The summed E-state index contributed by atoms with van der Waals surface area (Å²) in [5, 5.41) is 110. The highest BCUT2D eigenvalue weighted by molar-refractivity contribution is 7.47. The Morgan fingerprint density at radius 1 is 0.418 bits per heavy atom. The van der Waals surface area contributed by atoms with Crippen molar-refractivity contribution in [2.75, 3.05) is 26.4 Å². The van der Waals surface area contributed by atoms with Crippen molar-refractivity contribution in [3.05, 3.63) is 12.2 Å². The molecule has 0 aromatic heterocycles. The third kappa shape index (κ3) is 33.5. The molecule has 18 unspecified atom stereocenters. The summed E-state index contributed by atoms with van der Waals surface area (Å²) in [6.07, 6.45) is 4.69. The molecule has 1 aliphatic carbocycles. The first kappa shape index (κ1) is 82.9. The first-order valence-electron chi connectivity index (χ1n) is 35.0. The van der Waals surface area contributed by atoms with Gasteiger partial charge < -0.3 is 89.1 Å². The van der Waals surface area contributed by atoms with Gasteiger partial charge in [-0.1, -0.05) is 206 Å². The maximum absolute atomic E-state index is 14.3. The molecule has 18 atom stereocenters. The van der Waals surface area contributed by atoms with Crippen LogP contribution in [0.15, 0.2) is 12.2 Å². The molecule has 0 amide bonds. The van der Waals surface area contributed by atoms with Crippen molar-refractivity contribution in [1.82, 2.24) is 0 Å². The summed E-state index contributed by atoms with van der Waals surface area (Å²) in [6, 6.07) is 0. The van der Waals surface area contributed by atoms with Crippen LogP contribution >= 0.6 is 7.82 Å². The van der Waals surface area contributed by atoms with Crippen LogP contribution in [0.1, 0.15) is 258 Å². The topological polar surface area (TPSA) is 374 Å². The number of hydrogen-bond donors (Lipinski definition) is 11. The van der Waals surface area contributed by atoms with E-state index in [0.717, 1.165) is 96.3 Å². The second-order valence-electron chi connectivity index (χ2n) is 25.2. The number of carbonyl (C=O) groups excluding carboxylic acids is 3. The Morgan fingerprint density at radius 3 is 1.20 bits per heavy atom. The van der Waals surface area contributed by atoms with Crippen molar-refractivity contribution in [1.29, 1.82) is 0 Å². The Hall–Kier alpha value is -2.30. The van der Waals surface area contributed by atoms with Crippen molar-refractivity contribution < 1.29 is 117 Å². The van der Waals surface area contributed by atoms with E-state index in [4.69, 9.17) is 42.2 Å². The van der Waals surface area contributed by atoms with E-state index in [1.165, 1.54) is 103 Å². The number of rotatable bonds is 53.